The first-order valence-corrected chi connectivity index (χ1v) is 7.75. The van der Waals surface area contributed by atoms with Crippen LogP contribution in [0.2, 0.25) is 0 Å². The Hall–Kier alpha value is -1.16. The zero-order valence-corrected chi connectivity index (χ0v) is 12.7. The van der Waals surface area contributed by atoms with E-state index in [0.717, 1.165) is 41.9 Å². The van der Waals surface area contributed by atoms with Crippen LogP contribution in [0.25, 0.3) is 0 Å². The molecule has 0 saturated carbocycles. The van der Waals surface area contributed by atoms with Crippen molar-refractivity contribution in [3.8, 4) is 5.75 Å². The van der Waals surface area contributed by atoms with Crippen LogP contribution in [0.1, 0.15) is 27.2 Å². The van der Waals surface area contributed by atoms with E-state index < -0.39 is 0 Å². The van der Waals surface area contributed by atoms with Crippen LogP contribution in [0, 0.1) is 5.41 Å². The van der Waals surface area contributed by atoms with Gasteiger partial charge in [0.25, 0.3) is 0 Å². The molecule has 0 unspecified atom stereocenters. The van der Waals surface area contributed by atoms with Gasteiger partial charge < -0.3 is 10.1 Å². The summed E-state index contributed by atoms with van der Waals surface area (Å²) in [5, 5.41) is 4.37. The number of anilines is 1. The lowest BCUT2D eigenvalue weighted by Gasteiger charge is -2.27. The summed E-state index contributed by atoms with van der Waals surface area (Å²) < 4.78 is 5.56. The highest BCUT2D eigenvalue weighted by molar-refractivity contribution is 8.14. The highest BCUT2D eigenvalue weighted by atomic mass is 32.2. The SMILES string of the molecule is CCCOc1ccc(NC2=NCC(C)(C)CS2)cc1. The molecule has 0 bridgehead atoms. The number of nitrogens with one attached hydrogen (secondary N) is 1. The Morgan fingerprint density at radius 1 is 1.32 bits per heavy atom. The van der Waals surface area contributed by atoms with Crippen molar-refractivity contribution in [2.24, 2.45) is 10.4 Å². The maximum atomic E-state index is 5.56. The van der Waals surface area contributed by atoms with Crippen molar-refractivity contribution < 1.29 is 4.74 Å². The molecule has 0 radical (unpaired) electrons. The van der Waals surface area contributed by atoms with Gasteiger partial charge >= 0.3 is 0 Å². The summed E-state index contributed by atoms with van der Waals surface area (Å²) in [7, 11) is 0. The minimum Gasteiger partial charge on any atom is -0.494 e. The monoisotopic (exact) mass is 278 g/mol. The van der Waals surface area contributed by atoms with E-state index in [1.807, 2.05) is 24.3 Å². The predicted octanol–water partition coefficient (Wildman–Crippen LogP) is 4.02. The van der Waals surface area contributed by atoms with Gasteiger partial charge in [0.2, 0.25) is 0 Å². The Morgan fingerprint density at radius 3 is 2.63 bits per heavy atom. The molecule has 0 saturated heterocycles. The van der Waals surface area contributed by atoms with Crippen LogP contribution in [-0.2, 0) is 0 Å². The van der Waals surface area contributed by atoms with E-state index in [9.17, 15) is 0 Å². The number of hydrogen-bond donors (Lipinski definition) is 1. The number of benzene rings is 1. The van der Waals surface area contributed by atoms with Gasteiger partial charge in [0.15, 0.2) is 5.17 Å². The van der Waals surface area contributed by atoms with Gasteiger partial charge in [-0.25, -0.2) is 0 Å². The van der Waals surface area contributed by atoms with Crippen LogP contribution >= 0.6 is 11.8 Å². The topological polar surface area (TPSA) is 33.6 Å². The van der Waals surface area contributed by atoms with Crippen LogP contribution < -0.4 is 10.1 Å². The number of amidine groups is 1. The molecule has 1 aliphatic heterocycles. The molecule has 1 aromatic carbocycles. The highest BCUT2D eigenvalue weighted by Gasteiger charge is 2.23. The van der Waals surface area contributed by atoms with Gasteiger partial charge in [-0.3, -0.25) is 4.99 Å². The molecule has 0 amide bonds. The molecule has 0 fully saturated rings. The first kappa shape index (κ1) is 14.3. The Balaban J connectivity index is 1.91. The smallest absolute Gasteiger partial charge is 0.161 e. The minimum absolute atomic E-state index is 0.313. The molecule has 2 rings (SSSR count). The fraction of sp³-hybridized carbons (Fsp3) is 0.533. The molecule has 104 valence electrons. The summed E-state index contributed by atoms with van der Waals surface area (Å²) in [4.78, 5) is 4.59. The molecule has 1 aromatic rings. The number of hydrogen-bond acceptors (Lipinski definition) is 4. The van der Waals surface area contributed by atoms with Gasteiger partial charge in [0.1, 0.15) is 5.75 Å². The van der Waals surface area contributed by atoms with Crippen LogP contribution in [-0.4, -0.2) is 24.1 Å². The average Bonchev–Trinajstić information content (AvgIpc) is 2.40. The van der Waals surface area contributed by atoms with Crippen LogP contribution in [0.5, 0.6) is 5.75 Å². The summed E-state index contributed by atoms with van der Waals surface area (Å²) in [6.07, 6.45) is 1.03. The van der Waals surface area contributed by atoms with Crippen molar-refractivity contribution in [1.82, 2.24) is 0 Å². The van der Waals surface area contributed by atoms with E-state index in [-0.39, 0.29) is 0 Å². The Bertz CT molecular complexity index is 440. The third-order valence-corrected chi connectivity index (χ3v) is 4.26. The van der Waals surface area contributed by atoms with Crippen LogP contribution in [0.4, 0.5) is 5.69 Å². The molecule has 1 aliphatic rings. The summed E-state index contributed by atoms with van der Waals surface area (Å²) >= 11 is 1.79. The number of rotatable bonds is 4. The fourth-order valence-electron chi connectivity index (χ4n) is 1.69. The second-order valence-corrected chi connectivity index (χ2v) is 6.54. The van der Waals surface area contributed by atoms with E-state index in [0.29, 0.717) is 5.41 Å². The second kappa shape index (κ2) is 6.33. The third kappa shape index (κ3) is 4.46. The summed E-state index contributed by atoms with van der Waals surface area (Å²) in [6.45, 7) is 8.26. The Kier molecular flexibility index (Phi) is 4.75. The molecule has 1 N–H and O–H groups in total. The zero-order valence-electron chi connectivity index (χ0n) is 11.9. The average molecular weight is 278 g/mol. The minimum atomic E-state index is 0.313. The molecule has 19 heavy (non-hydrogen) atoms. The summed E-state index contributed by atoms with van der Waals surface area (Å²) in [5.41, 5.74) is 1.38. The molecule has 0 atom stereocenters. The molecule has 0 aliphatic carbocycles. The predicted molar refractivity (Wildman–Crippen MR) is 84.4 cm³/mol. The molecular formula is C15H22N2OS. The van der Waals surface area contributed by atoms with E-state index in [1.165, 1.54) is 0 Å². The number of ether oxygens (including phenoxy) is 1. The van der Waals surface area contributed by atoms with Crippen molar-refractivity contribution >= 4 is 22.6 Å². The molecule has 1 heterocycles. The maximum Gasteiger partial charge on any atom is 0.161 e. The van der Waals surface area contributed by atoms with Gasteiger partial charge in [-0.15, -0.1) is 0 Å². The molecule has 0 aromatic heterocycles. The van der Waals surface area contributed by atoms with Gasteiger partial charge in [0, 0.05) is 18.0 Å². The van der Waals surface area contributed by atoms with Crippen molar-refractivity contribution in [2.45, 2.75) is 27.2 Å². The van der Waals surface area contributed by atoms with Gasteiger partial charge in [-0.2, -0.15) is 0 Å². The van der Waals surface area contributed by atoms with Crippen LogP contribution in [0.15, 0.2) is 29.3 Å². The first-order chi connectivity index (χ1) is 9.09. The molecule has 3 nitrogen and oxygen atoms in total. The van der Waals surface area contributed by atoms with E-state index in [2.05, 4.69) is 31.1 Å². The second-order valence-electron chi connectivity index (χ2n) is 5.57. The molecule has 4 heteroatoms. The standard InChI is InChI=1S/C15H22N2OS/c1-4-9-18-13-7-5-12(6-8-13)17-14-16-10-15(2,3)11-19-14/h5-8H,4,9-11H2,1-3H3,(H,16,17). The third-order valence-electron chi connectivity index (χ3n) is 2.83. The molecular weight excluding hydrogens is 256 g/mol. The number of nitrogens with zero attached hydrogens (tertiary/aromatic N) is 1. The van der Waals surface area contributed by atoms with E-state index >= 15 is 0 Å². The molecule has 0 spiro atoms. The zero-order chi connectivity index (χ0) is 13.7. The van der Waals surface area contributed by atoms with Crippen LogP contribution in [0.3, 0.4) is 0 Å². The van der Waals surface area contributed by atoms with Crippen molar-refractivity contribution in [3.05, 3.63) is 24.3 Å². The summed E-state index contributed by atoms with van der Waals surface area (Å²) in [5.74, 6) is 2.03. The number of aliphatic imine (C=N–C) groups is 1. The quantitative estimate of drug-likeness (QED) is 0.903. The Labute approximate surface area is 119 Å². The lowest BCUT2D eigenvalue weighted by atomic mass is 9.97. The largest absolute Gasteiger partial charge is 0.494 e. The first-order valence-electron chi connectivity index (χ1n) is 6.76. The number of thioether (sulfide) groups is 1. The van der Waals surface area contributed by atoms with Gasteiger partial charge in [-0.1, -0.05) is 32.5 Å². The fourth-order valence-corrected chi connectivity index (χ4v) is 2.66. The lowest BCUT2D eigenvalue weighted by molar-refractivity contribution is 0.317. The summed E-state index contributed by atoms with van der Waals surface area (Å²) in [6, 6.07) is 8.06. The normalized spacial score (nSPS) is 17.7. The van der Waals surface area contributed by atoms with Crippen molar-refractivity contribution in [1.29, 1.82) is 0 Å². The Morgan fingerprint density at radius 2 is 2.05 bits per heavy atom. The highest BCUT2D eigenvalue weighted by Crippen LogP contribution is 2.28. The van der Waals surface area contributed by atoms with Crippen molar-refractivity contribution in [2.75, 3.05) is 24.2 Å². The van der Waals surface area contributed by atoms with E-state index in [4.69, 9.17) is 4.74 Å². The lowest BCUT2D eigenvalue weighted by Crippen LogP contribution is -2.27. The maximum absolute atomic E-state index is 5.56. The van der Waals surface area contributed by atoms with E-state index in [1.54, 1.807) is 11.8 Å². The van der Waals surface area contributed by atoms with Gasteiger partial charge in [-0.05, 0) is 36.1 Å². The van der Waals surface area contributed by atoms with Crippen molar-refractivity contribution in [3.63, 3.8) is 0 Å². The van der Waals surface area contributed by atoms with Gasteiger partial charge in [0.05, 0.1) is 6.61 Å².